The van der Waals surface area contributed by atoms with Crippen molar-refractivity contribution >= 4 is 19.9 Å². The number of benzene rings is 1. The summed E-state index contributed by atoms with van der Waals surface area (Å²) in [6, 6.07) is 5.55. The maximum absolute atomic E-state index is 12.0. The highest BCUT2D eigenvalue weighted by Gasteiger charge is 2.14. The number of sulfonamides is 1. The van der Waals surface area contributed by atoms with Gasteiger partial charge in [-0.3, -0.25) is 0 Å². The van der Waals surface area contributed by atoms with Gasteiger partial charge in [0, 0.05) is 18.8 Å². The summed E-state index contributed by atoms with van der Waals surface area (Å²) in [6.45, 7) is 5.10. The van der Waals surface area contributed by atoms with Crippen molar-refractivity contribution in [1.29, 1.82) is 0 Å². The molecule has 0 fully saturated rings. The topological polar surface area (TPSA) is 92.3 Å². The number of nitrogens with one attached hydrogen (secondary N) is 2. The van der Waals surface area contributed by atoms with Gasteiger partial charge in [-0.1, -0.05) is 13.8 Å². The molecule has 0 aliphatic heterocycles. The van der Waals surface area contributed by atoms with E-state index < -0.39 is 19.9 Å². The average molecular weight is 334 g/mol. The van der Waals surface area contributed by atoms with Crippen LogP contribution in [-0.4, -0.2) is 42.2 Å². The van der Waals surface area contributed by atoms with E-state index in [0.29, 0.717) is 19.0 Å². The molecule has 21 heavy (non-hydrogen) atoms. The molecular weight excluding hydrogens is 312 g/mol. The minimum absolute atomic E-state index is 0.0618. The minimum atomic E-state index is -3.60. The van der Waals surface area contributed by atoms with E-state index in [1.165, 1.54) is 24.3 Å². The Kier molecular flexibility index (Phi) is 6.33. The zero-order valence-corrected chi connectivity index (χ0v) is 14.1. The lowest BCUT2D eigenvalue weighted by Gasteiger charge is -2.09. The molecule has 0 saturated heterocycles. The minimum Gasteiger partial charge on any atom is -0.314 e. The SMILES string of the molecule is CC(C)NCCCNS(=O)(=O)c1ccc(S(C)(=O)=O)cc1. The van der Waals surface area contributed by atoms with Gasteiger partial charge < -0.3 is 5.32 Å². The summed E-state index contributed by atoms with van der Waals surface area (Å²) >= 11 is 0. The summed E-state index contributed by atoms with van der Waals surface area (Å²) < 4.78 is 49.1. The average Bonchev–Trinajstić information content (AvgIpc) is 2.37. The molecule has 0 heterocycles. The van der Waals surface area contributed by atoms with Gasteiger partial charge in [-0.25, -0.2) is 21.6 Å². The molecule has 0 saturated carbocycles. The fourth-order valence-electron chi connectivity index (χ4n) is 1.63. The van der Waals surface area contributed by atoms with E-state index >= 15 is 0 Å². The highest BCUT2D eigenvalue weighted by atomic mass is 32.2. The molecule has 0 aliphatic rings. The monoisotopic (exact) mass is 334 g/mol. The van der Waals surface area contributed by atoms with Gasteiger partial charge in [-0.05, 0) is 37.2 Å². The van der Waals surface area contributed by atoms with Crippen LogP contribution in [0.25, 0.3) is 0 Å². The van der Waals surface area contributed by atoms with Crippen molar-refractivity contribution in [3.63, 3.8) is 0 Å². The Bertz CT molecular complexity index is 650. The number of sulfone groups is 1. The van der Waals surface area contributed by atoms with Crippen molar-refractivity contribution < 1.29 is 16.8 Å². The van der Waals surface area contributed by atoms with Gasteiger partial charge in [0.05, 0.1) is 9.79 Å². The molecule has 1 aromatic rings. The lowest BCUT2D eigenvalue weighted by Crippen LogP contribution is -2.29. The van der Waals surface area contributed by atoms with Gasteiger partial charge in [0.1, 0.15) is 0 Å². The molecule has 0 radical (unpaired) electrons. The first-order valence-corrected chi connectivity index (χ1v) is 10.0. The Labute approximate surface area is 126 Å². The van der Waals surface area contributed by atoms with E-state index in [1.807, 2.05) is 13.8 Å². The largest absolute Gasteiger partial charge is 0.314 e. The van der Waals surface area contributed by atoms with Gasteiger partial charge in [-0.2, -0.15) is 0 Å². The molecular formula is C13H22N2O4S2. The van der Waals surface area contributed by atoms with Crippen LogP contribution < -0.4 is 10.0 Å². The molecule has 6 nitrogen and oxygen atoms in total. The van der Waals surface area contributed by atoms with E-state index in [1.54, 1.807) is 0 Å². The van der Waals surface area contributed by atoms with Crippen LogP contribution in [-0.2, 0) is 19.9 Å². The van der Waals surface area contributed by atoms with Crippen LogP contribution in [0.4, 0.5) is 0 Å². The quantitative estimate of drug-likeness (QED) is 0.685. The maximum Gasteiger partial charge on any atom is 0.240 e. The van der Waals surface area contributed by atoms with Crippen molar-refractivity contribution in [3.8, 4) is 0 Å². The molecule has 8 heteroatoms. The molecule has 0 atom stereocenters. The van der Waals surface area contributed by atoms with Gasteiger partial charge in [0.25, 0.3) is 0 Å². The second-order valence-electron chi connectivity index (χ2n) is 5.10. The molecule has 0 aliphatic carbocycles. The second-order valence-corrected chi connectivity index (χ2v) is 8.89. The first kappa shape index (κ1) is 18.1. The summed E-state index contributed by atoms with van der Waals surface area (Å²) in [4.78, 5) is 0.161. The number of rotatable bonds is 8. The highest BCUT2D eigenvalue weighted by Crippen LogP contribution is 2.14. The first-order chi connectivity index (χ1) is 9.63. The Morgan fingerprint density at radius 2 is 1.48 bits per heavy atom. The third-order valence-electron chi connectivity index (χ3n) is 2.76. The smallest absolute Gasteiger partial charge is 0.240 e. The number of hydrogen-bond acceptors (Lipinski definition) is 5. The van der Waals surface area contributed by atoms with Crippen LogP contribution >= 0.6 is 0 Å². The summed E-state index contributed by atoms with van der Waals surface area (Å²) in [5, 5.41) is 3.19. The summed E-state index contributed by atoms with van der Waals surface area (Å²) in [6.07, 6.45) is 1.76. The lowest BCUT2D eigenvalue weighted by atomic mass is 10.3. The van der Waals surface area contributed by atoms with Crippen LogP contribution in [0.15, 0.2) is 34.1 Å². The van der Waals surface area contributed by atoms with E-state index in [0.717, 1.165) is 12.8 Å². The third-order valence-corrected chi connectivity index (χ3v) is 5.37. The van der Waals surface area contributed by atoms with Gasteiger partial charge >= 0.3 is 0 Å². The van der Waals surface area contributed by atoms with Crippen molar-refractivity contribution in [1.82, 2.24) is 10.0 Å². The Hall–Kier alpha value is -0.960. The maximum atomic E-state index is 12.0. The van der Waals surface area contributed by atoms with Crippen LogP contribution in [0.1, 0.15) is 20.3 Å². The van der Waals surface area contributed by atoms with Crippen molar-refractivity contribution in [3.05, 3.63) is 24.3 Å². The van der Waals surface area contributed by atoms with Crippen molar-refractivity contribution in [2.24, 2.45) is 0 Å². The molecule has 2 N–H and O–H groups in total. The summed E-state index contributed by atoms with van der Waals surface area (Å²) in [5.74, 6) is 0. The first-order valence-electron chi connectivity index (χ1n) is 6.66. The standard InChI is InChI=1S/C13H22N2O4S2/c1-11(2)14-9-4-10-15-21(18,19)13-7-5-12(6-8-13)20(3,16)17/h5-8,11,14-15H,4,9-10H2,1-3H3. The van der Waals surface area contributed by atoms with E-state index in [2.05, 4.69) is 10.0 Å². The van der Waals surface area contributed by atoms with E-state index in [4.69, 9.17) is 0 Å². The molecule has 0 unspecified atom stereocenters. The highest BCUT2D eigenvalue weighted by molar-refractivity contribution is 7.90. The lowest BCUT2D eigenvalue weighted by molar-refractivity contribution is 0.554. The van der Waals surface area contributed by atoms with E-state index in [-0.39, 0.29) is 9.79 Å². The van der Waals surface area contributed by atoms with Gasteiger partial charge in [0.15, 0.2) is 9.84 Å². The fraction of sp³-hybridized carbons (Fsp3) is 0.538. The molecule has 0 aromatic heterocycles. The van der Waals surface area contributed by atoms with Crippen LogP contribution in [0.2, 0.25) is 0 Å². The van der Waals surface area contributed by atoms with Crippen LogP contribution in [0.3, 0.4) is 0 Å². The molecule has 0 spiro atoms. The predicted octanol–water partition coefficient (Wildman–Crippen LogP) is 0.757. The zero-order valence-electron chi connectivity index (χ0n) is 12.5. The molecule has 0 bridgehead atoms. The molecule has 0 amide bonds. The molecule has 1 aromatic carbocycles. The van der Waals surface area contributed by atoms with Crippen molar-refractivity contribution in [2.75, 3.05) is 19.3 Å². The van der Waals surface area contributed by atoms with Crippen LogP contribution in [0.5, 0.6) is 0 Å². The second kappa shape index (κ2) is 7.35. The van der Waals surface area contributed by atoms with Gasteiger partial charge in [0.2, 0.25) is 10.0 Å². The summed E-state index contributed by atoms with van der Waals surface area (Å²) in [5.41, 5.74) is 0. The third kappa shape index (κ3) is 6.13. The van der Waals surface area contributed by atoms with E-state index in [9.17, 15) is 16.8 Å². The normalized spacial score (nSPS) is 12.8. The van der Waals surface area contributed by atoms with Gasteiger partial charge in [-0.15, -0.1) is 0 Å². The number of hydrogen-bond donors (Lipinski definition) is 2. The Balaban J connectivity index is 2.63. The fourth-order valence-corrected chi connectivity index (χ4v) is 3.34. The zero-order chi connectivity index (χ0) is 16.1. The molecule has 120 valence electrons. The van der Waals surface area contributed by atoms with Crippen molar-refractivity contribution in [2.45, 2.75) is 36.1 Å². The molecule has 1 rings (SSSR count). The Morgan fingerprint density at radius 1 is 0.952 bits per heavy atom. The van der Waals surface area contributed by atoms with Crippen LogP contribution in [0, 0.1) is 0 Å². The predicted molar refractivity (Wildman–Crippen MR) is 82.5 cm³/mol. The summed E-state index contributed by atoms with van der Waals surface area (Å²) in [7, 11) is -6.92. The Morgan fingerprint density at radius 3 is 1.95 bits per heavy atom.